The van der Waals surface area contributed by atoms with E-state index in [-0.39, 0.29) is 16.8 Å². The maximum atomic E-state index is 12.3. The molecule has 0 amide bonds. The molecular formula is C14H15F2NO3S. The molecule has 21 heavy (non-hydrogen) atoms. The van der Waals surface area contributed by atoms with Crippen molar-refractivity contribution < 1.29 is 22.2 Å². The lowest BCUT2D eigenvalue weighted by Crippen LogP contribution is -2.06. The van der Waals surface area contributed by atoms with Crippen LogP contribution in [0.2, 0.25) is 0 Å². The van der Waals surface area contributed by atoms with E-state index in [2.05, 4.69) is 9.89 Å². The number of benzene rings is 1. The molecule has 0 spiro atoms. The maximum Gasteiger partial charge on any atom is 0.387 e. The molecule has 0 aliphatic carbocycles. The van der Waals surface area contributed by atoms with E-state index in [1.54, 1.807) is 25.1 Å². The van der Waals surface area contributed by atoms with E-state index in [0.717, 1.165) is 5.56 Å². The molecular weight excluding hydrogens is 300 g/mol. The fourth-order valence-corrected chi connectivity index (χ4v) is 2.97. The van der Waals surface area contributed by atoms with Gasteiger partial charge in [0.1, 0.15) is 11.5 Å². The lowest BCUT2D eigenvalue weighted by atomic mass is 10.2. The Morgan fingerprint density at radius 2 is 2.00 bits per heavy atom. The predicted molar refractivity (Wildman–Crippen MR) is 74.6 cm³/mol. The first-order valence-electron chi connectivity index (χ1n) is 6.30. The number of nitrogens with zero attached hydrogens (tertiary/aromatic N) is 1. The zero-order valence-corrected chi connectivity index (χ0v) is 12.4. The summed E-state index contributed by atoms with van der Waals surface area (Å²) in [7, 11) is -1.18. The van der Waals surface area contributed by atoms with Crippen LogP contribution < -0.4 is 4.74 Å². The summed E-state index contributed by atoms with van der Waals surface area (Å²) >= 11 is 0. The number of hydrogen-bond donors (Lipinski definition) is 0. The molecule has 0 bridgehead atoms. The average Bonchev–Trinajstić information content (AvgIpc) is 2.83. The van der Waals surface area contributed by atoms with Gasteiger partial charge in [-0.25, -0.2) is 0 Å². The molecule has 0 saturated carbocycles. The Morgan fingerprint density at radius 3 is 2.52 bits per heavy atom. The third-order valence-corrected chi connectivity index (χ3v) is 4.58. The summed E-state index contributed by atoms with van der Waals surface area (Å²) in [6, 6.07) is 7.89. The molecule has 1 heterocycles. The van der Waals surface area contributed by atoms with Crippen molar-refractivity contribution in [3.8, 4) is 5.75 Å². The third-order valence-electron chi connectivity index (χ3n) is 2.94. The summed E-state index contributed by atoms with van der Waals surface area (Å²) in [5, 5.41) is 3.56. The van der Waals surface area contributed by atoms with Crippen molar-refractivity contribution in [3.63, 3.8) is 0 Å². The largest absolute Gasteiger partial charge is 0.435 e. The summed E-state index contributed by atoms with van der Waals surface area (Å²) in [6.45, 7) is 0.731. The number of rotatable bonds is 6. The summed E-state index contributed by atoms with van der Waals surface area (Å²) in [5.74, 6) is 1.04. The topological polar surface area (TPSA) is 52.3 Å². The quantitative estimate of drug-likeness (QED) is 0.817. The van der Waals surface area contributed by atoms with Crippen LogP contribution >= 0.6 is 0 Å². The molecule has 0 unspecified atom stereocenters. The number of aryl methyl sites for hydroxylation is 1. The second-order valence-corrected chi connectivity index (χ2v) is 6.30. The number of alkyl halides is 2. The highest BCUT2D eigenvalue weighted by atomic mass is 32.2. The van der Waals surface area contributed by atoms with Gasteiger partial charge in [-0.1, -0.05) is 17.3 Å². The van der Waals surface area contributed by atoms with Gasteiger partial charge in [-0.2, -0.15) is 8.78 Å². The first-order valence-corrected chi connectivity index (χ1v) is 7.68. The van der Waals surface area contributed by atoms with Crippen molar-refractivity contribution in [2.75, 3.05) is 0 Å². The van der Waals surface area contributed by atoms with Crippen molar-refractivity contribution in [1.29, 1.82) is 0 Å². The zero-order valence-electron chi connectivity index (χ0n) is 11.6. The van der Waals surface area contributed by atoms with Crippen LogP contribution in [-0.4, -0.2) is 16.0 Å². The minimum atomic E-state index is -2.85. The van der Waals surface area contributed by atoms with Gasteiger partial charge in [0.05, 0.1) is 16.7 Å². The molecule has 7 heteroatoms. The van der Waals surface area contributed by atoms with Gasteiger partial charge in [-0.05, 0) is 31.5 Å². The Labute approximate surface area is 123 Å². The van der Waals surface area contributed by atoms with Crippen LogP contribution in [0.4, 0.5) is 8.78 Å². The van der Waals surface area contributed by atoms with Crippen LogP contribution in [0.1, 0.15) is 29.2 Å². The van der Waals surface area contributed by atoms with Crippen molar-refractivity contribution >= 4 is 10.8 Å². The summed E-state index contributed by atoms with van der Waals surface area (Å²) in [5.41, 5.74) is 1.42. The molecule has 1 aromatic carbocycles. The van der Waals surface area contributed by atoms with Crippen LogP contribution in [0.3, 0.4) is 0 Å². The number of aromatic nitrogens is 1. The van der Waals surface area contributed by atoms with Crippen LogP contribution in [-0.2, 0) is 16.6 Å². The van der Waals surface area contributed by atoms with Crippen LogP contribution in [0, 0.1) is 6.92 Å². The van der Waals surface area contributed by atoms with E-state index in [9.17, 15) is 13.0 Å². The van der Waals surface area contributed by atoms with Gasteiger partial charge in [0.15, 0.2) is 0 Å². The Balaban J connectivity index is 2.01. The van der Waals surface area contributed by atoms with Gasteiger partial charge in [-0.15, -0.1) is 0 Å². The van der Waals surface area contributed by atoms with E-state index >= 15 is 0 Å². The van der Waals surface area contributed by atoms with Crippen molar-refractivity contribution in [2.45, 2.75) is 31.5 Å². The molecule has 2 aromatic rings. The second kappa shape index (κ2) is 6.80. The van der Waals surface area contributed by atoms with Crippen LogP contribution in [0.25, 0.3) is 0 Å². The first kappa shape index (κ1) is 15.6. The molecule has 0 aliphatic heterocycles. The van der Waals surface area contributed by atoms with E-state index < -0.39 is 17.4 Å². The summed E-state index contributed by atoms with van der Waals surface area (Å²) in [6.07, 6.45) is 0. The Hall–Kier alpha value is -1.76. The second-order valence-electron chi connectivity index (χ2n) is 4.54. The van der Waals surface area contributed by atoms with E-state index in [4.69, 9.17) is 4.52 Å². The smallest absolute Gasteiger partial charge is 0.387 e. The van der Waals surface area contributed by atoms with Crippen molar-refractivity contribution in [2.24, 2.45) is 0 Å². The van der Waals surface area contributed by atoms with E-state index in [1.807, 2.05) is 6.92 Å². The average molecular weight is 315 g/mol. The van der Waals surface area contributed by atoms with Crippen LogP contribution in [0.15, 0.2) is 34.9 Å². The molecule has 2 atom stereocenters. The molecule has 4 nitrogen and oxygen atoms in total. The SMILES string of the molecule is Cc1cc(C[S@](=O)[C@@H](C)c2ccc(OC(F)F)cc2)no1. The molecule has 0 aliphatic rings. The maximum absolute atomic E-state index is 12.3. The highest BCUT2D eigenvalue weighted by molar-refractivity contribution is 7.84. The molecule has 0 saturated heterocycles. The summed E-state index contributed by atoms with van der Waals surface area (Å²) < 4.78 is 45.6. The normalized spacial score (nSPS) is 14.1. The highest BCUT2D eigenvalue weighted by Crippen LogP contribution is 2.24. The van der Waals surface area contributed by atoms with Gasteiger partial charge in [0.25, 0.3) is 0 Å². The first-order chi connectivity index (χ1) is 9.95. The molecule has 0 radical (unpaired) electrons. The summed E-state index contributed by atoms with van der Waals surface area (Å²) in [4.78, 5) is 0. The van der Waals surface area contributed by atoms with Crippen LogP contribution in [0.5, 0.6) is 5.75 Å². The zero-order chi connectivity index (χ0) is 15.4. The lowest BCUT2D eigenvalue weighted by Gasteiger charge is -2.12. The molecule has 0 fully saturated rings. The minimum absolute atomic E-state index is 0.0823. The third kappa shape index (κ3) is 4.35. The van der Waals surface area contributed by atoms with E-state index in [1.165, 1.54) is 12.1 Å². The Morgan fingerprint density at radius 1 is 1.33 bits per heavy atom. The number of halogens is 2. The van der Waals surface area contributed by atoms with Gasteiger partial charge in [-0.3, -0.25) is 4.21 Å². The van der Waals surface area contributed by atoms with Gasteiger partial charge < -0.3 is 9.26 Å². The Kier molecular flexibility index (Phi) is 5.06. The standard InChI is InChI=1S/C14H15F2NO3S/c1-9-7-12(17-20-9)8-21(18)10(2)11-3-5-13(6-4-11)19-14(15)16/h3-7,10,14H,8H2,1-2H3/t10-,21-/m0/s1. The Bertz CT molecular complexity index is 613. The molecule has 0 N–H and O–H groups in total. The molecule has 114 valence electrons. The predicted octanol–water partition coefficient (Wildman–Crippen LogP) is 3.59. The van der Waals surface area contributed by atoms with Crippen molar-refractivity contribution in [1.82, 2.24) is 5.16 Å². The van der Waals surface area contributed by atoms with Gasteiger partial charge in [0.2, 0.25) is 0 Å². The van der Waals surface area contributed by atoms with Gasteiger partial charge >= 0.3 is 6.61 Å². The molecule has 2 rings (SSSR count). The molecule has 1 aromatic heterocycles. The monoisotopic (exact) mass is 315 g/mol. The number of hydrogen-bond acceptors (Lipinski definition) is 4. The van der Waals surface area contributed by atoms with E-state index in [0.29, 0.717) is 11.5 Å². The lowest BCUT2D eigenvalue weighted by molar-refractivity contribution is -0.0498. The van der Waals surface area contributed by atoms with Crippen molar-refractivity contribution in [3.05, 3.63) is 47.3 Å². The fourth-order valence-electron chi connectivity index (χ4n) is 1.83. The van der Waals surface area contributed by atoms with Gasteiger partial charge in [0, 0.05) is 16.9 Å². The number of ether oxygens (including phenoxy) is 1. The highest BCUT2D eigenvalue weighted by Gasteiger charge is 2.16. The minimum Gasteiger partial charge on any atom is -0.435 e. The fraction of sp³-hybridized carbons (Fsp3) is 0.357.